The molecule has 0 aliphatic heterocycles. The van der Waals surface area contributed by atoms with E-state index in [2.05, 4.69) is 10.2 Å². The number of azo groups is 1. The summed E-state index contributed by atoms with van der Waals surface area (Å²) in [6.07, 6.45) is 0.564. The van der Waals surface area contributed by atoms with E-state index in [1.165, 1.54) is 0 Å². The molecule has 122 valence electrons. The molecule has 0 unspecified atom stereocenters. The molecule has 0 bridgehead atoms. The predicted octanol–water partition coefficient (Wildman–Crippen LogP) is 3.78. The Kier molecular flexibility index (Phi) is 5.71. The van der Waals surface area contributed by atoms with Crippen molar-refractivity contribution in [2.45, 2.75) is 18.9 Å². The fourth-order valence-electron chi connectivity index (χ4n) is 2.20. The second-order valence-corrected chi connectivity index (χ2v) is 5.58. The number of hydrogen-bond donors (Lipinski definition) is 1. The predicted molar refractivity (Wildman–Crippen MR) is 89.7 cm³/mol. The van der Waals surface area contributed by atoms with Crippen LogP contribution in [0.25, 0.3) is 0 Å². The maximum atomic E-state index is 9.74. The summed E-state index contributed by atoms with van der Waals surface area (Å²) in [4.78, 5) is 0. The van der Waals surface area contributed by atoms with E-state index in [0.717, 1.165) is 17.1 Å². The van der Waals surface area contributed by atoms with Crippen molar-refractivity contribution in [1.82, 2.24) is 0 Å². The number of benzene rings is 2. The van der Waals surface area contributed by atoms with Gasteiger partial charge in [0, 0.05) is 12.5 Å². The first-order valence-corrected chi connectivity index (χ1v) is 7.39. The molecule has 2 aromatic rings. The molecule has 0 aliphatic carbocycles. The molecule has 5 nitrogen and oxygen atoms in total. The van der Waals surface area contributed by atoms with Crippen LogP contribution in [-0.4, -0.2) is 31.5 Å². The van der Waals surface area contributed by atoms with Gasteiger partial charge in [0.15, 0.2) is 0 Å². The van der Waals surface area contributed by atoms with Gasteiger partial charge < -0.3 is 14.6 Å². The number of methoxy groups -OCH3 is 2. The van der Waals surface area contributed by atoms with Crippen molar-refractivity contribution in [3.63, 3.8) is 0 Å². The van der Waals surface area contributed by atoms with E-state index in [4.69, 9.17) is 9.47 Å². The van der Waals surface area contributed by atoms with Gasteiger partial charge in [-0.3, -0.25) is 0 Å². The molecule has 0 saturated heterocycles. The van der Waals surface area contributed by atoms with Crippen molar-refractivity contribution in [3.8, 4) is 11.5 Å². The van der Waals surface area contributed by atoms with Gasteiger partial charge in [0.05, 0.1) is 26.5 Å². The molecule has 0 amide bonds. The highest BCUT2D eigenvalue weighted by Crippen LogP contribution is 2.25. The minimum atomic E-state index is -0.699. The third-order valence-corrected chi connectivity index (χ3v) is 3.52. The van der Waals surface area contributed by atoms with Gasteiger partial charge in [0.25, 0.3) is 0 Å². The number of aliphatic hydroxyl groups excluding tert-OH is 1. The molecule has 1 atom stereocenters. The van der Waals surface area contributed by atoms with Gasteiger partial charge in [0.2, 0.25) is 0 Å². The van der Waals surface area contributed by atoms with Gasteiger partial charge in [-0.1, -0.05) is 18.2 Å². The zero-order chi connectivity index (χ0) is 16.7. The molecule has 0 saturated carbocycles. The van der Waals surface area contributed by atoms with Gasteiger partial charge in [-0.25, -0.2) is 0 Å². The van der Waals surface area contributed by atoms with Crippen LogP contribution in [0.2, 0.25) is 0 Å². The molecule has 0 fully saturated rings. The number of hydrogen-bond acceptors (Lipinski definition) is 5. The highest BCUT2D eigenvalue weighted by molar-refractivity contribution is 5.42. The minimum Gasteiger partial charge on any atom is -0.497 e. The van der Waals surface area contributed by atoms with Crippen molar-refractivity contribution in [3.05, 3.63) is 54.1 Å². The topological polar surface area (TPSA) is 63.4 Å². The lowest BCUT2D eigenvalue weighted by Gasteiger charge is -2.21. The van der Waals surface area contributed by atoms with Crippen LogP contribution in [0.5, 0.6) is 11.5 Å². The van der Waals surface area contributed by atoms with Crippen LogP contribution in [-0.2, 0) is 6.42 Å². The van der Waals surface area contributed by atoms with Crippen molar-refractivity contribution in [2.24, 2.45) is 10.2 Å². The van der Waals surface area contributed by atoms with Crippen molar-refractivity contribution < 1.29 is 14.6 Å². The molecule has 0 spiro atoms. The van der Waals surface area contributed by atoms with E-state index < -0.39 is 5.54 Å². The third-order valence-electron chi connectivity index (χ3n) is 3.52. The molecule has 2 rings (SSSR count). The summed E-state index contributed by atoms with van der Waals surface area (Å²) >= 11 is 0. The zero-order valence-corrected chi connectivity index (χ0v) is 13.7. The van der Waals surface area contributed by atoms with Gasteiger partial charge in [-0.2, -0.15) is 10.2 Å². The summed E-state index contributed by atoms with van der Waals surface area (Å²) in [5.74, 6) is 1.51. The van der Waals surface area contributed by atoms with Crippen LogP contribution < -0.4 is 9.47 Å². The van der Waals surface area contributed by atoms with Crippen molar-refractivity contribution in [1.29, 1.82) is 0 Å². The van der Waals surface area contributed by atoms with E-state index >= 15 is 0 Å². The second-order valence-electron chi connectivity index (χ2n) is 5.58. The molecule has 0 heterocycles. The summed E-state index contributed by atoms with van der Waals surface area (Å²) in [6, 6.07) is 15.1. The molecule has 1 N–H and O–H groups in total. The summed E-state index contributed by atoms with van der Waals surface area (Å²) in [5, 5.41) is 18.3. The average molecular weight is 314 g/mol. The fraction of sp³-hybridized carbons (Fsp3) is 0.333. The highest BCUT2D eigenvalue weighted by atomic mass is 16.5. The lowest BCUT2D eigenvalue weighted by Crippen LogP contribution is -2.29. The van der Waals surface area contributed by atoms with Crippen LogP contribution >= 0.6 is 0 Å². The fourth-order valence-corrected chi connectivity index (χ4v) is 2.20. The van der Waals surface area contributed by atoms with E-state index in [-0.39, 0.29) is 6.61 Å². The third kappa shape index (κ3) is 4.79. The van der Waals surface area contributed by atoms with Crippen LogP contribution in [0.1, 0.15) is 12.5 Å². The van der Waals surface area contributed by atoms with Gasteiger partial charge in [0.1, 0.15) is 17.0 Å². The van der Waals surface area contributed by atoms with Crippen LogP contribution in [0, 0.1) is 0 Å². The van der Waals surface area contributed by atoms with E-state index in [9.17, 15) is 5.11 Å². The van der Waals surface area contributed by atoms with Gasteiger partial charge in [-0.15, -0.1) is 0 Å². The number of nitrogens with zero attached hydrogens (tertiary/aromatic N) is 2. The van der Waals surface area contributed by atoms with Crippen LogP contribution in [0.4, 0.5) is 5.69 Å². The van der Waals surface area contributed by atoms with Gasteiger partial charge >= 0.3 is 0 Å². The maximum Gasteiger partial charge on any atom is 0.121 e. The Hall–Kier alpha value is -2.40. The van der Waals surface area contributed by atoms with Crippen molar-refractivity contribution in [2.75, 3.05) is 20.8 Å². The molecule has 5 heteroatoms. The van der Waals surface area contributed by atoms with E-state index in [0.29, 0.717) is 12.1 Å². The lowest BCUT2D eigenvalue weighted by atomic mass is 9.94. The Morgan fingerprint density at radius 2 is 1.65 bits per heavy atom. The second kappa shape index (κ2) is 7.74. The largest absolute Gasteiger partial charge is 0.497 e. The Morgan fingerprint density at radius 1 is 1.00 bits per heavy atom. The Balaban J connectivity index is 2.17. The first kappa shape index (κ1) is 17.0. The van der Waals surface area contributed by atoms with Crippen LogP contribution in [0.3, 0.4) is 0 Å². The average Bonchev–Trinajstić information content (AvgIpc) is 2.60. The monoisotopic (exact) mass is 314 g/mol. The number of aliphatic hydroxyl groups is 1. The lowest BCUT2D eigenvalue weighted by molar-refractivity contribution is 0.204. The first-order valence-electron chi connectivity index (χ1n) is 7.39. The first-order chi connectivity index (χ1) is 11.1. The Labute approximate surface area is 136 Å². The molecule has 0 radical (unpaired) electrons. The molecule has 0 aromatic heterocycles. The molecule has 2 aromatic carbocycles. The van der Waals surface area contributed by atoms with Crippen molar-refractivity contribution >= 4 is 5.69 Å². The smallest absolute Gasteiger partial charge is 0.121 e. The maximum absolute atomic E-state index is 9.74. The molecular formula is C18H22N2O3. The summed E-state index contributed by atoms with van der Waals surface area (Å²) in [7, 11) is 3.24. The molecule has 23 heavy (non-hydrogen) atoms. The standard InChI is InChI=1S/C18H22N2O3/c1-18(13-21,12-14-6-4-8-16(10-14)22-2)20-19-15-7-5-9-17(11-15)23-3/h4-11,21H,12-13H2,1-3H3/t18-/m1/s1. The zero-order valence-electron chi connectivity index (χ0n) is 13.7. The molecule has 0 aliphatic rings. The summed E-state index contributed by atoms with van der Waals surface area (Å²) in [6.45, 7) is 1.77. The summed E-state index contributed by atoms with van der Waals surface area (Å²) in [5.41, 5.74) is 1.02. The number of ether oxygens (including phenoxy) is 2. The normalized spacial score (nSPS) is 13.7. The molecular weight excluding hydrogens is 292 g/mol. The van der Waals surface area contributed by atoms with E-state index in [1.54, 1.807) is 20.3 Å². The Morgan fingerprint density at radius 3 is 2.30 bits per heavy atom. The minimum absolute atomic E-state index is 0.0995. The highest BCUT2D eigenvalue weighted by Gasteiger charge is 2.23. The summed E-state index contributed by atoms with van der Waals surface area (Å²) < 4.78 is 10.4. The SMILES string of the molecule is COc1cccc(C[C@](C)(CO)N=Nc2cccc(OC)c2)c1. The van der Waals surface area contributed by atoms with Gasteiger partial charge in [-0.05, 0) is 36.8 Å². The van der Waals surface area contributed by atoms with Crippen LogP contribution in [0.15, 0.2) is 58.8 Å². The van der Waals surface area contributed by atoms with E-state index in [1.807, 2.05) is 49.4 Å². The Bertz CT molecular complexity index is 673. The quantitative estimate of drug-likeness (QED) is 0.791. The number of rotatable bonds is 7.